The van der Waals surface area contributed by atoms with Gasteiger partial charge >= 0.3 is 0 Å². The lowest BCUT2D eigenvalue weighted by molar-refractivity contribution is 0.317. The molecule has 1 saturated heterocycles. The lowest BCUT2D eigenvalue weighted by Gasteiger charge is -2.23. The van der Waals surface area contributed by atoms with Crippen molar-refractivity contribution in [3.8, 4) is 11.4 Å². The fourth-order valence-corrected chi connectivity index (χ4v) is 4.23. The highest BCUT2D eigenvalue weighted by Crippen LogP contribution is 2.60. The molecule has 2 aliphatic rings. The van der Waals surface area contributed by atoms with Crippen molar-refractivity contribution in [2.24, 2.45) is 18.4 Å². The topological polar surface area (TPSA) is 55.6 Å². The number of nitrogens with zero attached hydrogens (tertiary/aromatic N) is 4. The molecule has 5 nitrogen and oxygen atoms in total. The number of aromatic nitrogens is 4. The Labute approximate surface area is 137 Å². The highest BCUT2D eigenvalue weighted by molar-refractivity contribution is 5.57. The zero-order valence-corrected chi connectivity index (χ0v) is 14.0. The van der Waals surface area contributed by atoms with Gasteiger partial charge in [-0.15, -0.1) is 5.10 Å². The molecule has 1 spiro atoms. The van der Waals surface area contributed by atoms with Gasteiger partial charge in [0.15, 0.2) is 0 Å². The van der Waals surface area contributed by atoms with Crippen LogP contribution in [-0.4, -0.2) is 33.1 Å². The van der Waals surface area contributed by atoms with Gasteiger partial charge in [0.2, 0.25) is 0 Å². The zero-order valence-electron chi connectivity index (χ0n) is 14.0. The van der Waals surface area contributed by atoms with Crippen LogP contribution in [0, 0.1) is 18.3 Å². The molecule has 0 amide bonds. The molecule has 0 radical (unpaired) electrons. The van der Waals surface area contributed by atoms with Crippen LogP contribution in [-0.2, 0) is 13.5 Å². The number of hydrogen-bond donors (Lipinski definition) is 1. The summed E-state index contributed by atoms with van der Waals surface area (Å²) in [5.41, 5.74) is 4.89. The minimum atomic E-state index is 0.671. The van der Waals surface area contributed by atoms with E-state index < -0.39 is 0 Å². The van der Waals surface area contributed by atoms with Gasteiger partial charge in [0.05, 0.1) is 17.6 Å². The summed E-state index contributed by atoms with van der Waals surface area (Å²) in [6.07, 6.45) is 8.34. The molecule has 5 heteroatoms. The van der Waals surface area contributed by atoms with Gasteiger partial charge in [0.25, 0.3) is 0 Å². The van der Waals surface area contributed by atoms with Crippen LogP contribution < -0.4 is 5.32 Å². The highest BCUT2D eigenvalue weighted by Gasteiger charge is 2.52. The molecular weight excluding hydrogens is 286 g/mol. The van der Waals surface area contributed by atoms with E-state index in [1.165, 1.54) is 38.8 Å². The molecule has 0 bridgehead atoms. The van der Waals surface area contributed by atoms with Gasteiger partial charge in [-0.2, -0.15) is 10.2 Å². The highest BCUT2D eigenvalue weighted by atomic mass is 15.3. The summed E-state index contributed by atoms with van der Waals surface area (Å²) in [4.78, 5) is 0. The Kier molecular flexibility index (Phi) is 3.68. The first-order chi connectivity index (χ1) is 11.2. The molecular formula is C18H25N5. The maximum atomic E-state index is 4.45. The summed E-state index contributed by atoms with van der Waals surface area (Å²) in [6.45, 7) is 4.47. The average molecular weight is 311 g/mol. The second-order valence-corrected chi connectivity index (χ2v) is 7.26. The van der Waals surface area contributed by atoms with E-state index in [0.29, 0.717) is 5.41 Å². The van der Waals surface area contributed by atoms with Gasteiger partial charge in [0.1, 0.15) is 5.69 Å². The normalized spacial score (nSPS) is 22.4. The Bertz CT molecular complexity index is 662. The van der Waals surface area contributed by atoms with Crippen LogP contribution in [0.25, 0.3) is 11.4 Å². The molecule has 1 saturated carbocycles. The van der Waals surface area contributed by atoms with Gasteiger partial charge < -0.3 is 5.32 Å². The van der Waals surface area contributed by atoms with Crippen LogP contribution in [0.2, 0.25) is 0 Å². The molecule has 2 aromatic rings. The number of rotatable bonds is 4. The maximum absolute atomic E-state index is 4.45. The maximum Gasteiger partial charge on any atom is 0.111 e. The van der Waals surface area contributed by atoms with Crippen molar-refractivity contribution in [3.05, 3.63) is 29.6 Å². The van der Waals surface area contributed by atoms with Crippen LogP contribution in [0.3, 0.4) is 0 Å². The standard InChI is InChI=1S/C18H25N5/c1-13-12-20-23(2)17(13)16-6-5-15(21-22-16)4-3-14-11-18(14)7-9-19-10-8-18/h5-6,12,14,19H,3-4,7-11H2,1-2H3. The van der Waals surface area contributed by atoms with E-state index in [9.17, 15) is 0 Å². The van der Waals surface area contributed by atoms with E-state index in [4.69, 9.17) is 0 Å². The van der Waals surface area contributed by atoms with Crippen molar-refractivity contribution in [1.82, 2.24) is 25.3 Å². The van der Waals surface area contributed by atoms with Crippen molar-refractivity contribution in [2.75, 3.05) is 13.1 Å². The molecule has 4 rings (SSSR count). The van der Waals surface area contributed by atoms with Crippen LogP contribution >= 0.6 is 0 Å². The predicted molar refractivity (Wildman–Crippen MR) is 89.9 cm³/mol. The van der Waals surface area contributed by atoms with Crippen LogP contribution in [0.5, 0.6) is 0 Å². The molecule has 23 heavy (non-hydrogen) atoms. The summed E-state index contributed by atoms with van der Waals surface area (Å²) < 4.78 is 1.87. The monoisotopic (exact) mass is 311 g/mol. The summed E-state index contributed by atoms with van der Waals surface area (Å²) in [6, 6.07) is 4.21. The molecule has 0 aromatic carbocycles. The Morgan fingerprint density at radius 3 is 2.74 bits per heavy atom. The number of nitrogens with one attached hydrogen (secondary N) is 1. The first-order valence-electron chi connectivity index (χ1n) is 8.70. The first kappa shape index (κ1) is 14.8. The lowest BCUT2D eigenvalue weighted by atomic mass is 9.90. The van der Waals surface area contributed by atoms with Crippen LogP contribution in [0.15, 0.2) is 18.3 Å². The second-order valence-electron chi connectivity index (χ2n) is 7.26. The molecule has 1 unspecified atom stereocenters. The smallest absolute Gasteiger partial charge is 0.111 e. The van der Waals surface area contributed by atoms with E-state index in [-0.39, 0.29) is 0 Å². The van der Waals surface area contributed by atoms with Crippen LogP contribution in [0.4, 0.5) is 0 Å². The van der Waals surface area contributed by atoms with Gasteiger partial charge in [-0.1, -0.05) is 0 Å². The molecule has 1 atom stereocenters. The summed E-state index contributed by atoms with van der Waals surface area (Å²) >= 11 is 0. The van der Waals surface area contributed by atoms with Gasteiger partial charge in [-0.3, -0.25) is 4.68 Å². The fourth-order valence-electron chi connectivity index (χ4n) is 4.23. The molecule has 2 fully saturated rings. The lowest BCUT2D eigenvalue weighted by Crippen LogP contribution is -2.29. The number of hydrogen-bond acceptors (Lipinski definition) is 4. The van der Waals surface area contributed by atoms with Crippen molar-refractivity contribution < 1.29 is 0 Å². The number of piperidine rings is 1. The Balaban J connectivity index is 1.38. The Morgan fingerprint density at radius 1 is 1.26 bits per heavy atom. The average Bonchev–Trinajstić information content (AvgIpc) is 3.12. The van der Waals surface area contributed by atoms with Gasteiger partial charge in [-0.05, 0) is 81.1 Å². The van der Waals surface area contributed by atoms with E-state index in [0.717, 1.165) is 35.0 Å². The van der Waals surface area contributed by atoms with Crippen molar-refractivity contribution in [3.63, 3.8) is 0 Å². The molecule has 2 aromatic heterocycles. The van der Waals surface area contributed by atoms with Gasteiger partial charge in [-0.25, -0.2) is 0 Å². The molecule has 1 aliphatic carbocycles. The SMILES string of the molecule is Cc1cnn(C)c1-c1ccc(CCC2CC23CCNCC3)nn1. The molecule has 3 heterocycles. The summed E-state index contributed by atoms with van der Waals surface area (Å²) in [5.74, 6) is 0.908. The number of aryl methyl sites for hydroxylation is 3. The third-order valence-electron chi connectivity index (χ3n) is 5.79. The van der Waals surface area contributed by atoms with Crippen LogP contribution in [0.1, 0.15) is 36.9 Å². The van der Waals surface area contributed by atoms with E-state index in [1.807, 2.05) is 17.9 Å². The predicted octanol–water partition coefficient (Wildman–Crippen LogP) is 2.51. The second kappa shape index (κ2) is 5.71. The Morgan fingerprint density at radius 2 is 2.09 bits per heavy atom. The third-order valence-corrected chi connectivity index (χ3v) is 5.79. The van der Waals surface area contributed by atoms with Crippen molar-refractivity contribution >= 4 is 0 Å². The first-order valence-corrected chi connectivity index (χ1v) is 8.70. The van der Waals surface area contributed by atoms with E-state index in [2.05, 4.69) is 39.7 Å². The quantitative estimate of drug-likeness (QED) is 0.942. The summed E-state index contributed by atoms with van der Waals surface area (Å²) in [7, 11) is 1.95. The minimum absolute atomic E-state index is 0.671. The van der Waals surface area contributed by atoms with E-state index in [1.54, 1.807) is 0 Å². The largest absolute Gasteiger partial charge is 0.317 e. The van der Waals surface area contributed by atoms with Crippen molar-refractivity contribution in [1.29, 1.82) is 0 Å². The summed E-state index contributed by atoms with van der Waals surface area (Å²) in [5, 5.41) is 16.6. The molecule has 1 N–H and O–H groups in total. The molecule has 122 valence electrons. The van der Waals surface area contributed by atoms with E-state index >= 15 is 0 Å². The molecule has 1 aliphatic heterocycles. The third kappa shape index (κ3) is 2.78. The fraction of sp³-hybridized carbons (Fsp3) is 0.611. The minimum Gasteiger partial charge on any atom is -0.317 e. The van der Waals surface area contributed by atoms with Gasteiger partial charge in [0, 0.05) is 7.05 Å². The zero-order chi connectivity index (χ0) is 15.9. The van der Waals surface area contributed by atoms with Crippen molar-refractivity contribution in [2.45, 2.75) is 39.0 Å². The Hall–Kier alpha value is -1.75.